The van der Waals surface area contributed by atoms with E-state index in [-0.39, 0.29) is 17.7 Å². The molecule has 2 heterocycles. The Balaban J connectivity index is 1.25. The number of hydrogen-bond acceptors (Lipinski definition) is 5. The van der Waals surface area contributed by atoms with Crippen LogP contribution in [0.4, 0.5) is 4.39 Å². The molecule has 5 rings (SSSR count). The molecule has 0 unspecified atom stereocenters. The van der Waals surface area contributed by atoms with Crippen molar-refractivity contribution in [1.29, 1.82) is 0 Å². The lowest BCUT2D eigenvalue weighted by Gasteiger charge is -2.28. The summed E-state index contributed by atoms with van der Waals surface area (Å²) in [5.74, 6) is 1.64. The van der Waals surface area contributed by atoms with Crippen molar-refractivity contribution >= 4 is 0 Å². The van der Waals surface area contributed by atoms with Crippen molar-refractivity contribution in [3.05, 3.63) is 95.7 Å². The highest BCUT2D eigenvalue weighted by Gasteiger charge is 2.24. The third-order valence-corrected chi connectivity index (χ3v) is 6.44. The SMILES string of the molecule is CC(C)(c1ccc(OCc2nc(-n3ccnn3)ccc2F)cc1)c1ccc(OC2CCC2)cc1. The van der Waals surface area contributed by atoms with Gasteiger partial charge in [0.25, 0.3) is 0 Å². The molecule has 2 aromatic carbocycles. The minimum Gasteiger partial charge on any atom is -0.490 e. The van der Waals surface area contributed by atoms with Gasteiger partial charge in [-0.2, -0.15) is 0 Å². The van der Waals surface area contributed by atoms with E-state index < -0.39 is 5.82 Å². The second-order valence-electron chi connectivity index (χ2n) is 9.08. The molecule has 4 aromatic rings. The second kappa shape index (κ2) is 9.25. The minimum atomic E-state index is -0.425. The first kappa shape index (κ1) is 22.1. The van der Waals surface area contributed by atoms with Gasteiger partial charge in [0.05, 0.1) is 18.5 Å². The highest BCUT2D eigenvalue weighted by atomic mass is 19.1. The molecule has 34 heavy (non-hydrogen) atoms. The van der Waals surface area contributed by atoms with E-state index >= 15 is 0 Å². The third-order valence-electron chi connectivity index (χ3n) is 6.44. The summed E-state index contributed by atoms with van der Waals surface area (Å²) in [5.41, 5.74) is 2.39. The summed E-state index contributed by atoms with van der Waals surface area (Å²) in [4.78, 5) is 4.31. The van der Waals surface area contributed by atoms with E-state index in [2.05, 4.69) is 53.4 Å². The van der Waals surface area contributed by atoms with Gasteiger partial charge < -0.3 is 9.47 Å². The maximum Gasteiger partial charge on any atom is 0.155 e. The monoisotopic (exact) mass is 458 g/mol. The number of rotatable bonds is 8. The largest absolute Gasteiger partial charge is 0.490 e. The molecule has 0 bridgehead atoms. The highest BCUT2D eigenvalue weighted by molar-refractivity contribution is 5.42. The number of pyridine rings is 1. The molecule has 0 N–H and O–H groups in total. The molecule has 0 spiro atoms. The van der Waals surface area contributed by atoms with Crippen LogP contribution in [0.15, 0.2) is 73.1 Å². The van der Waals surface area contributed by atoms with Crippen LogP contribution in [0.2, 0.25) is 0 Å². The summed E-state index contributed by atoms with van der Waals surface area (Å²) in [6, 6.07) is 19.2. The van der Waals surface area contributed by atoms with E-state index in [1.807, 2.05) is 24.3 Å². The van der Waals surface area contributed by atoms with E-state index in [9.17, 15) is 4.39 Å². The molecule has 6 nitrogen and oxygen atoms in total. The molecule has 1 saturated carbocycles. The Hall–Kier alpha value is -3.74. The number of hydrogen-bond donors (Lipinski definition) is 0. The first-order valence-electron chi connectivity index (χ1n) is 11.5. The Kier molecular flexibility index (Phi) is 6.01. The Bertz CT molecular complexity index is 1230. The Labute approximate surface area is 198 Å². The van der Waals surface area contributed by atoms with Crippen molar-refractivity contribution in [3.8, 4) is 17.3 Å². The standard InChI is InChI=1S/C27H27FN4O2/c1-27(2,20-8-12-23(13-9-20)34-22-4-3-5-22)19-6-10-21(11-7-19)33-18-25-24(28)14-15-26(30-25)32-17-16-29-31-32/h6-17,22H,3-5,18H2,1-2H3. The van der Waals surface area contributed by atoms with Crippen LogP contribution in [-0.4, -0.2) is 26.1 Å². The Morgan fingerprint density at radius 1 is 0.941 bits per heavy atom. The fourth-order valence-corrected chi connectivity index (χ4v) is 3.95. The summed E-state index contributed by atoms with van der Waals surface area (Å²) in [7, 11) is 0. The van der Waals surface area contributed by atoms with Crippen LogP contribution in [-0.2, 0) is 12.0 Å². The molecule has 0 saturated heterocycles. The summed E-state index contributed by atoms with van der Waals surface area (Å²) < 4.78 is 27.5. The number of nitrogens with zero attached hydrogens (tertiary/aromatic N) is 4. The van der Waals surface area contributed by atoms with Crippen molar-refractivity contribution in [1.82, 2.24) is 20.0 Å². The van der Waals surface area contributed by atoms with Crippen LogP contribution >= 0.6 is 0 Å². The molecular formula is C27H27FN4O2. The van der Waals surface area contributed by atoms with Crippen LogP contribution in [0.1, 0.15) is 49.9 Å². The Morgan fingerprint density at radius 3 is 2.21 bits per heavy atom. The Morgan fingerprint density at radius 2 is 1.62 bits per heavy atom. The molecule has 0 radical (unpaired) electrons. The van der Waals surface area contributed by atoms with Gasteiger partial charge in [-0.1, -0.05) is 43.3 Å². The zero-order chi connectivity index (χ0) is 23.5. The lowest BCUT2D eigenvalue weighted by Crippen LogP contribution is -2.24. The molecule has 174 valence electrons. The van der Waals surface area contributed by atoms with E-state index in [0.717, 1.165) is 24.2 Å². The van der Waals surface area contributed by atoms with Gasteiger partial charge in [0, 0.05) is 5.41 Å². The molecule has 0 amide bonds. The predicted octanol–water partition coefficient (Wildman–Crippen LogP) is 5.64. The van der Waals surface area contributed by atoms with E-state index in [1.165, 1.54) is 22.7 Å². The fraction of sp³-hybridized carbons (Fsp3) is 0.296. The van der Waals surface area contributed by atoms with Crippen LogP contribution < -0.4 is 9.47 Å². The quantitative estimate of drug-likeness (QED) is 0.342. The average Bonchev–Trinajstić information content (AvgIpc) is 3.37. The van der Waals surface area contributed by atoms with Crippen LogP contribution in [0.3, 0.4) is 0 Å². The van der Waals surface area contributed by atoms with Gasteiger partial charge in [-0.15, -0.1) is 5.10 Å². The molecule has 1 aliphatic carbocycles. The van der Waals surface area contributed by atoms with Crippen LogP contribution in [0, 0.1) is 5.82 Å². The lowest BCUT2D eigenvalue weighted by atomic mass is 9.78. The molecule has 7 heteroatoms. The summed E-state index contributed by atoms with van der Waals surface area (Å²) in [6.45, 7) is 4.40. The predicted molar refractivity (Wildman–Crippen MR) is 127 cm³/mol. The zero-order valence-electron chi connectivity index (χ0n) is 19.3. The first-order valence-corrected chi connectivity index (χ1v) is 11.5. The number of aromatic nitrogens is 4. The molecular weight excluding hydrogens is 431 g/mol. The third kappa shape index (κ3) is 4.64. The van der Waals surface area contributed by atoms with Gasteiger partial charge in [-0.05, 0) is 66.8 Å². The van der Waals surface area contributed by atoms with Crippen LogP contribution in [0.5, 0.6) is 11.5 Å². The van der Waals surface area contributed by atoms with E-state index in [1.54, 1.807) is 18.5 Å². The first-order chi connectivity index (χ1) is 16.5. The van der Waals surface area contributed by atoms with Crippen molar-refractivity contribution < 1.29 is 13.9 Å². The number of benzene rings is 2. The van der Waals surface area contributed by atoms with E-state index in [4.69, 9.17) is 9.47 Å². The molecule has 0 aliphatic heterocycles. The van der Waals surface area contributed by atoms with Gasteiger partial charge in [0.15, 0.2) is 5.82 Å². The van der Waals surface area contributed by atoms with E-state index in [0.29, 0.717) is 17.7 Å². The maximum absolute atomic E-state index is 14.2. The van der Waals surface area contributed by atoms with Gasteiger partial charge in [0.1, 0.15) is 29.6 Å². The minimum absolute atomic E-state index is 0.0135. The van der Waals surface area contributed by atoms with Gasteiger partial charge >= 0.3 is 0 Å². The van der Waals surface area contributed by atoms with Gasteiger partial charge in [-0.3, -0.25) is 0 Å². The molecule has 2 aromatic heterocycles. The zero-order valence-corrected chi connectivity index (χ0v) is 19.3. The molecule has 1 fully saturated rings. The lowest BCUT2D eigenvalue weighted by molar-refractivity contribution is 0.120. The van der Waals surface area contributed by atoms with Crippen molar-refractivity contribution in [2.24, 2.45) is 0 Å². The summed E-state index contributed by atoms with van der Waals surface area (Å²) in [5, 5.41) is 7.65. The van der Waals surface area contributed by atoms with Gasteiger partial charge in [0.2, 0.25) is 0 Å². The summed E-state index contributed by atoms with van der Waals surface area (Å²) in [6.07, 6.45) is 7.13. The van der Waals surface area contributed by atoms with Gasteiger partial charge in [-0.25, -0.2) is 14.1 Å². The second-order valence-corrected chi connectivity index (χ2v) is 9.08. The van der Waals surface area contributed by atoms with Crippen LogP contribution in [0.25, 0.3) is 5.82 Å². The number of ether oxygens (including phenoxy) is 2. The number of halogens is 1. The smallest absolute Gasteiger partial charge is 0.155 e. The summed E-state index contributed by atoms with van der Waals surface area (Å²) >= 11 is 0. The molecule has 0 atom stereocenters. The van der Waals surface area contributed by atoms with Crippen molar-refractivity contribution in [2.45, 2.75) is 51.2 Å². The van der Waals surface area contributed by atoms with Crippen molar-refractivity contribution in [3.63, 3.8) is 0 Å². The van der Waals surface area contributed by atoms with Crippen molar-refractivity contribution in [2.75, 3.05) is 0 Å². The fourth-order valence-electron chi connectivity index (χ4n) is 3.95. The molecule has 1 aliphatic rings. The highest BCUT2D eigenvalue weighted by Crippen LogP contribution is 2.34. The maximum atomic E-state index is 14.2. The topological polar surface area (TPSA) is 62.1 Å². The normalized spacial score (nSPS) is 14.0. The average molecular weight is 459 g/mol.